The van der Waals surface area contributed by atoms with Crippen molar-refractivity contribution in [1.82, 2.24) is 10.2 Å². The van der Waals surface area contributed by atoms with Gasteiger partial charge in [-0.25, -0.2) is 0 Å². The van der Waals surface area contributed by atoms with Crippen LogP contribution in [0.1, 0.15) is 29.5 Å². The third kappa shape index (κ3) is 6.26. The van der Waals surface area contributed by atoms with E-state index in [1.54, 1.807) is 22.7 Å². The molecule has 7 heteroatoms. The molecule has 0 fully saturated rings. The lowest BCUT2D eigenvalue weighted by Crippen LogP contribution is -2.47. The minimum Gasteiger partial charge on any atom is -0.468 e. The van der Waals surface area contributed by atoms with Gasteiger partial charge in [-0.2, -0.15) is 0 Å². The normalized spacial score (nSPS) is 11.9. The number of carbonyl (C=O) groups excluding carboxylic acids is 2. The summed E-state index contributed by atoms with van der Waals surface area (Å²) in [7, 11) is 1.35. The van der Waals surface area contributed by atoms with Crippen LogP contribution in [0.3, 0.4) is 0 Å². The van der Waals surface area contributed by atoms with Crippen LogP contribution in [-0.2, 0) is 27.4 Å². The molecule has 0 aliphatic carbocycles. The summed E-state index contributed by atoms with van der Waals surface area (Å²) >= 11 is 3.29. The molecular weight excluding hydrogens is 356 g/mol. The number of nitrogens with one attached hydrogen (secondary N) is 1. The number of carbonyl (C=O) groups is 2. The number of amides is 1. The predicted octanol–water partition coefficient (Wildman–Crippen LogP) is 3.27. The number of nitrogens with zero attached hydrogens (tertiary/aromatic N) is 1. The minimum atomic E-state index is -0.385. The highest BCUT2D eigenvalue weighted by Gasteiger charge is 2.25. The van der Waals surface area contributed by atoms with Crippen molar-refractivity contribution in [3.8, 4) is 0 Å². The van der Waals surface area contributed by atoms with E-state index in [1.807, 2.05) is 46.8 Å². The van der Waals surface area contributed by atoms with Gasteiger partial charge in [-0.3, -0.25) is 14.9 Å². The van der Waals surface area contributed by atoms with Crippen LogP contribution in [0.2, 0.25) is 0 Å². The lowest BCUT2D eigenvalue weighted by Gasteiger charge is -2.27. The first kappa shape index (κ1) is 19.6. The molecule has 2 heterocycles. The molecule has 2 rings (SSSR count). The zero-order valence-corrected chi connectivity index (χ0v) is 16.2. The maximum Gasteiger partial charge on any atom is 0.319 e. The molecule has 0 saturated carbocycles. The molecule has 1 N–H and O–H groups in total. The van der Waals surface area contributed by atoms with Gasteiger partial charge in [0.1, 0.15) is 0 Å². The van der Waals surface area contributed by atoms with Crippen LogP contribution in [-0.4, -0.2) is 36.5 Å². The number of rotatable bonds is 10. The Morgan fingerprint density at radius 2 is 1.76 bits per heavy atom. The van der Waals surface area contributed by atoms with E-state index in [2.05, 4.69) is 10.1 Å². The van der Waals surface area contributed by atoms with Gasteiger partial charge in [0.15, 0.2) is 0 Å². The summed E-state index contributed by atoms with van der Waals surface area (Å²) in [6, 6.07) is 7.68. The molecule has 0 saturated heterocycles. The standard InChI is InChI=1S/C18H24N2O3S2/c1-3-6-16(19-11-17(21)23-2)18(22)20(12-14-7-4-9-24-14)13-15-8-5-10-25-15/h4-5,7-10,16,19H,3,6,11-13H2,1-2H3. The molecule has 0 bridgehead atoms. The van der Waals surface area contributed by atoms with Crippen molar-refractivity contribution < 1.29 is 14.3 Å². The van der Waals surface area contributed by atoms with E-state index in [0.717, 1.165) is 16.2 Å². The van der Waals surface area contributed by atoms with Gasteiger partial charge in [0.05, 0.1) is 32.8 Å². The number of thiophene rings is 2. The Bertz CT molecular complexity index is 605. The molecule has 0 aromatic carbocycles. The molecule has 2 aromatic rings. The minimum absolute atomic E-state index is 0.0209. The summed E-state index contributed by atoms with van der Waals surface area (Å²) in [4.78, 5) is 28.7. The van der Waals surface area contributed by atoms with Crippen molar-refractivity contribution in [2.24, 2.45) is 0 Å². The van der Waals surface area contributed by atoms with E-state index in [4.69, 9.17) is 0 Å². The average Bonchev–Trinajstić information content (AvgIpc) is 3.31. The SMILES string of the molecule is CCCC(NCC(=O)OC)C(=O)N(Cc1cccs1)Cc1cccs1. The first-order valence-electron chi connectivity index (χ1n) is 8.27. The Morgan fingerprint density at radius 1 is 1.16 bits per heavy atom. The predicted molar refractivity (Wildman–Crippen MR) is 102 cm³/mol. The van der Waals surface area contributed by atoms with Crippen LogP contribution < -0.4 is 5.32 Å². The lowest BCUT2D eigenvalue weighted by molar-refractivity contribution is -0.140. The zero-order valence-electron chi connectivity index (χ0n) is 14.6. The van der Waals surface area contributed by atoms with Crippen molar-refractivity contribution in [2.45, 2.75) is 38.9 Å². The zero-order chi connectivity index (χ0) is 18.1. The van der Waals surface area contributed by atoms with Crippen molar-refractivity contribution in [1.29, 1.82) is 0 Å². The fourth-order valence-corrected chi connectivity index (χ4v) is 3.93. The van der Waals surface area contributed by atoms with Crippen molar-refractivity contribution in [3.63, 3.8) is 0 Å². The van der Waals surface area contributed by atoms with Crippen LogP contribution in [0.5, 0.6) is 0 Å². The summed E-state index contributed by atoms with van der Waals surface area (Å²) in [6.07, 6.45) is 1.54. The maximum atomic E-state index is 13.1. The van der Waals surface area contributed by atoms with Crippen molar-refractivity contribution in [3.05, 3.63) is 44.8 Å². The molecule has 0 spiro atoms. The van der Waals surface area contributed by atoms with Gasteiger partial charge in [0, 0.05) is 9.75 Å². The molecule has 2 aromatic heterocycles. The summed E-state index contributed by atoms with van der Waals surface area (Å²) in [6.45, 7) is 3.23. The van der Waals surface area contributed by atoms with Crippen LogP contribution in [0, 0.1) is 0 Å². The number of esters is 1. The molecule has 136 valence electrons. The molecular formula is C18H24N2O3S2. The van der Waals surface area contributed by atoms with Gasteiger partial charge in [-0.15, -0.1) is 22.7 Å². The number of methoxy groups -OCH3 is 1. The van der Waals surface area contributed by atoms with E-state index in [9.17, 15) is 9.59 Å². The van der Waals surface area contributed by atoms with Crippen molar-refractivity contribution in [2.75, 3.05) is 13.7 Å². The summed E-state index contributed by atoms with van der Waals surface area (Å²) in [5.74, 6) is -0.343. The second-order valence-corrected chi connectivity index (χ2v) is 7.72. The fraction of sp³-hybridized carbons (Fsp3) is 0.444. The topological polar surface area (TPSA) is 58.6 Å². The Hall–Kier alpha value is -1.70. The number of hydrogen-bond acceptors (Lipinski definition) is 6. The molecule has 0 aliphatic rings. The number of hydrogen-bond donors (Lipinski definition) is 1. The van der Waals surface area contributed by atoms with Gasteiger partial charge < -0.3 is 9.64 Å². The monoisotopic (exact) mass is 380 g/mol. The first-order valence-corrected chi connectivity index (χ1v) is 10.0. The maximum absolute atomic E-state index is 13.1. The van der Waals surface area contributed by atoms with E-state index in [-0.39, 0.29) is 24.5 Å². The van der Waals surface area contributed by atoms with Crippen LogP contribution in [0.4, 0.5) is 0 Å². The molecule has 1 amide bonds. The first-order chi connectivity index (χ1) is 12.1. The van der Waals surface area contributed by atoms with Gasteiger partial charge in [0.25, 0.3) is 0 Å². The van der Waals surface area contributed by atoms with Gasteiger partial charge in [-0.05, 0) is 29.3 Å². The van der Waals surface area contributed by atoms with E-state index >= 15 is 0 Å². The third-order valence-corrected chi connectivity index (χ3v) is 5.48. The molecule has 0 aliphatic heterocycles. The van der Waals surface area contributed by atoms with Crippen molar-refractivity contribution >= 4 is 34.6 Å². The lowest BCUT2D eigenvalue weighted by atomic mass is 10.1. The smallest absolute Gasteiger partial charge is 0.319 e. The third-order valence-electron chi connectivity index (χ3n) is 3.76. The van der Waals surface area contributed by atoms with Gasteiger partial charge in [-0.1, -0.05) is 25.5 Å². The van der Waals surface area contributed by atoms with E-state index in [1.165, 1.54) is 7.11 Å². The van der Waals surface area contributed by atoms with E-state index in [0.29, 0.717) is 19.5 Å². The van der Waals surface area contributed by atoms with Crippen LogP contribution in [0.15, 0.2) is 35.0 Å². The second-order valence-electron chi connectivity index (χ2n) is 5.65. The summed E-state index contributed by atoms with van der Waals surface area (Å²) in [5, 5.41) is 7.08. The molecule has 5 nitrogen and oxygen atoms in total. The Morgan fingerprint density at radius 3 is 2.20 bits per heavy atom. The Balaban J connectivity index is 2.10. The Labute approximate surface area is 156 Å². The van der Waals surface area contributed by atoms with Gasteiger partial charge in [0.2, 0.25) is 5.91 Å². The Kier molecular flexibility index (Phi) is 8.11. The molecule has 25 heavy (non-hydrogen) atoms. The van der Waals surface area contributed by atoms with Crippen LogP contribution in [0.25, 0.3) is 0 Å². The average molecular weight is 381 g/mol. The second kappa shape index (κ2) is 10.3. The highest BCUT2D eigenvalue weighted by atomic mass is 32.1. The largest absolute Gasteiger partial charge is 0.468 e. The highest BCUT2D eigenvalue weighted by Crippen LogP contribution is 2.18. The van der Waals surface area contributed by atoms with Gasteiger partial charge >= 0.3 is 5.97 Å². The quantitative estimate of drug-likeness (QED) is 0.643. The fourth-order valence-electron chi connectivity index (χ4n) is 2.49. The van der Waals surface area contributed by atoms with Crippen LogP contribution >= 0.6 is 22.7 Å². The molecule has 0 radical (unpaired) electrons. The summed E-state index contributed by atoms with van der Waals surface area (Å²) < 4.78 is 4.67. The molecule has 1 unspecified atom stereocenters. The highest BCUT2D eigenvalue weighted by molar-refractivity contribution is 7.10. The molecule has 1 atom stereocenters. The summed E-state index contributed by atoms with van der Waals surface area (Å²) in [5.41, 5.74) is 0. The number of ether oxygens (including phenoxy) is 1. The van der Waals surface area contributed by atoms with E-state index < -0.39 is 0 Å².